The SMILES string of the molecule is O=[N+]([O-])c1cccc2c1C[N+]([O-])(CCN1CCCCC1)C2. The van der Waals surface area contributed by atoms with Gasteiger partial charge in [-0.3, -0.25) is 15.0 Å². The topological polar surface area (TPSA) is 69.4 Å². The molecule has 1 fully saturated rings. The van der Waals surface area contributed by atoms with Crippen molar-refractivity contribution < 1.29 is 9.57 Å². The van der Waals surface area contributed by atoms with Gasteiger partial charge in [0.15, 0.2) is 0 Å². The lowest BCUT2D eigenvalue weighted by Crippen LogP contribution is -2.44. The van der Waals surface area contributed by atoms with Crippen molar-refractivity contribution in [2.45, 2.75) is 32.4 Å². The zero-order valence-electron chi connectivity index (χ0n) is 12.2. The van der Waals surface area contributed by atoms with Gasteiger partial charge in [0.2, 0.25) is 0 Å². The Morgan fingerprint density at radius 1 is 1.19 bits per heavy atom. The summed E-state index contributed by atoms with van der Waals surface area (Å²) in [7, 11) is 0. The first-order valence-electron chi connectivity index (χ1n) is 7.62. The Morgan fingerprint density at radius 3 is 2.67 bits per heavy atom. The summed E-state index contributed by atoms with van der Waals surface area (Å²) in [6.45, 7) is 4.07. The highest BCUT2D eigenvalue weighted by atomic mass is 16.6. The summed E-state index contributed by atoms with van der Waals surface area (Å²) in [6.07, 6.45) is 3.71. The number of fused-ring (bicyclic) bond motifs is 1. The molecule has 1 atom stereocenters. The van der Waals surface area contributed by atoms with Crippen LogP contribution in [0.5, 0.6) is 0 Å². The van der Waals surface area contributed by atoms with Crippen molar-refractivity contribution in [3.05, 3.63) is 44.6 Å². The number of quaternary nitrogens is 1. The Labute approximate surface area is 124 Å². The van der Waals surface area contributed by atoms with Crippen LogP contribution in [0.2, 0.25) is 0 Å². The molecule has 0 N–H and O–H groups in total. The second-order valence-corrected chi connectivity index (χ2v) is 6.17. The minimum atomic E-state index is -0.376. The Bertz CT molecular complexity index is 543. The Balaban J connectivity index is 1.67. The quantitative estimate of drug-likeness (QED) is 0.370. The van der Waals surface area contributed by atoms with Crippen molar-refractivity contribution in [3.63, 3.8) is 0 Å². The van der Waals surface area contributed by atoms with E-state index in [9.17, 15) is 15.3 Å². The second-order valence-electron chi connectivity index (χ2n) is 6.17. The van der Waals surface area contributed by atoms with E-state index in [2.05, 4.69) is 4.90 Å². The van der Waals surface area contributed by atoms with Crippen LogP contribution in [0.4, 0.5) is 5.69 Å². The third-order valence-corrected chi connectivity index (χ3v) is 4.62. The monoisotopic (exact) mass is 291 g/mol. The predicted octanol–water partition coefficient (Wildman–Crippen LogP) is 2.41. The standard InChI is InChI=1S/C15H21N3O3/c19-17(20)15-6-4-5-13-11-18(21,12-14(13)15)10-9-16-7-2-1-3-8-16/h4-6H,1-3,7-12H2. The van der Waals surface area contributed by atoms with Gasteiger partial charge < -0.3 is 9.85 Å². The van der Waals surface area contributed by atoms with Crippen molar-refractivity contribution in [1.82, 2.24) is 4.90 Å². The van der Waals surface area contributed by atoms with Gasteiger partial charge in [-0.05, 0) is 25.9 Å². The van der Waals surface area contributed by atoms with Crippen molar-refractivity contribution in [3.8, 4) is 0 Å². The minimum absolute atomic E-state index is 0.0984. The molecule has 1 saturated heterocycles. The molecule has 114 valence electrons. The van der Waals surface area contributed by atoms with E-state index in [1.54, 1.807) is 6.07 Å². The molecule has 2 heterocycles. The van der Waals surface area contributed by atoms with Gasteiger partial charge >= 0.3 is 0 Å². The van der Waals surface area contributed by atoms with Crippen LogP contribution in [-0.2, 0) is 13.1 Å². The van der Waals surface area contributed by atoms with E-state index >= 15 is 0 Å². The van der Waals surface area contributed by atoms with E-state index in [0.29, 0.717) is 18.7 Å². The molecule has 0 spiro atoms. The molecule has 1 aromatic rings. The van der Waals surface area contributed by atoms with Gasteiger partial charge in [0, 0.05) is 18.2 Å². The van der Waals surface area contributed by atoms with Crippen LogP contribution >= 0.6 is 0 Å². The molecule has 0 amide bonds. The summed E-state index contributed by atoms with van der Waals surface area (Å²) in [5, 5.41) is 23.9. The van der Waals surface area contributed by atoms with Crippen molar-refractivity contribution in [1.29, 1.82) is 0 Å². The van der Waals surface area contributed by atoms with Crippen LogP contribution in [0.15, 0.2) is 18.2 Å². The van der Waals surface area contributed by atoms with E-state index in [0.717, 1.165) is 25.2 Å². The molecule has 2 aliphatic rings. The molecule has 1 unspecified atom stereocenters. The van der Waals surface area contributed by atoms with Crippen LogP contribution in [0, 0.1) is 15.3 Å². The van der Waals surface area contributed by atoms with E-state index in [4.69, 9.17) is 0 Å². The van der Waals surface area contributed by atoms with Crippen molar-refractivity contribution >= 4 is 5.69 Å². The lowest BCUT2D eigenvalue weighted by atomic mass is 10.1. The molecule has 6 heteroatoms. The number of nitrogens with zero attached hydrogens (tertiary/aromatic N) is 3. The fourth-order valence-electron chi connectivity index (χ4n) is 3.44. The molecule has 0 saturated carbocycles. The molecule has 21 heavy (non-hydrogen) atoms. The molecular weight excluding hydrogens is 270 g/mol. The summed E-state index contributed by atoms with van der Waals surface area (Å²) in [5.41, 5.74) is 1.58. The number of hydrogen-bond acceptors (Lipinski definition) is 4. The van der Waals surface area contributed by atoms with Crippen LogP contribution in [0.25, 0.3) is 0 Å². The third-order valence-electron chi connectivity index (χ3n) is 4.62. The number of nitro groups is 1. The molecular formula is C15H21N3O3. The van der Waals surface area contributed by atoms with Crippen LogP contribution < -0.4 is 0 Å². The number of likely N-dealkylation sites (tertiary alicyclic amines) is 1. The van der Waals surface area contributed by atoms with Gasteiger partial charge in [0.1, 0.15) is 13.1 Å². The Kier molecular flexibility index (Phi) is 3.93. The van der Waals surface area contributed by atoms with Crippen LogP contribution in [0.3, 0.4) is 0 Å². The molecule has 3 rings (SSSR count). The summed E-state index contributed by atoms with van der Waals surface area (Å²) < 4.78 is -0.351. The first-order valence-corrected chi connectivity index (χ1v) is 7.62. The number of hydrogen-bond donors (Lipinski definition) is 0. The number of nitro benzene ring substituents is 1. The summed E-state index contributed by atoms with van der Waals surface area (Å²) in [6, 6.07) is 5.03. The molecule has 6 nitrogen and oxygen atoms in total. The van der Waals surface area contributed by atoms with Gasteiger partial charge in [-0.15, -0.1) is 0 Å². The van der Waals surface area contributed by atoms with E-state index in [1.165, 1.54) is 25.3 Å². The first-order chi connectivity index (χ1) is 10.1. The highest BCUT2D eigenvalue weighted by molar-refractivity contribution is 5.46. The smallest absolute Gasteiger partial charge is 0.278 e. The highest BCUT2D eigenvalue weighted by Crippen LogP contribution is 2.34. The predicted molar refractivity (Wildman–Crippen MR) is 79.3 cm³/mol. The number of benzene rings is 1. The normalized spacial score (nSPS) is 25.8. The summed E-state index contributed by atoms with van der Waals surface area (Å²) in [4.78, 5) is 13.0. The average Bonchev–Trinajstić information content (AvgIpc) is 2.82. The van der Waals surface area contributed by atoms with Gasteiger partial charge in [-0.1, -0.05) is 18.6 Å². The lowest BCUT2D eigenvalue weighted by molar-refractivity contribution is -0.899. The second kappa shape index (κ2) is 5.71. The van der Waals surface area contributed by atoms with Crippen LogP contribution in [0.1, 0.15) is 30.4 Å². The maximum atomic E-state index is 12.9. The fraction of sp³-hybridized carbons (Fsp3) is 0.600. The zero-order chi connectivity index (χ0) is 14.9. The van der Waals surface area contributed by atoms with Gasteiger partial charge in [-0.25, -0.2) is 0 Å². The summed E-state index contributed by atoms with van der Waals surface area (Å²) in [5.74, 6) is 0. The Hall–Kier alpha value is -1.50. The van der Waals surface area contributed by atoms with Gasteiger partial charge in [-0.2, -0.15) is 0 Å². The van der Waals surface area contributed by atoms with Gasteiger partial charge in [0.25, 0.3) is 5.69 Å². The minimum Gasteiger partial charge on any atom is -0.632 e. The zero-order valence-corrected chi connectivity index (χ0v) is 12.2. The van der Waals surface area contributed by atoms with Crippen molar-refractivity contribution in [2.75, 3.05) is 26.2 Å². The number of rotatable bonds is 4. The molecule has 1 aromatic carbocycles. The van der Waals surface area contributed by atoms with Gasteiger partial charge in [0.05, 0.1) is 17.0 Å². The van der Waals surface area contributed by atoms with Crippen LogP contribution in [-0.4, -0.2) is 40.6 Å². The summed E-state index contributed by atoms with van der Waals surface area (Å²) >= 11 is 0. The lowest BCUT2D eigenvalue weighted by Gasteiger charge is -2.40. The molecule has 0 aromatic heterocycles. The van der Waals surface area contributed by atoms with Crippen molar-refractivity contribution in [2.24, 2.45) is 0 Å². The number of hydroxylamine groups is 3. The third kappa shape index (κ3) is 3.07. The molecule has 2 aliphatic heterocycles. The molecule has 0 bridgehead atoms. The maximum absolute atomic E-state index is 12.9. The Morgan fingerprint density at radius 2 is 1.95 bits per heavy atom. The van der Waals surface area contributed by atoms with E-state index in [1.807, 2.05) is 6.07 Å². The first kappa shape index (κ1) is 14.4. The molecule has 0 radical (unpaired) electrons. The fourth-order valence-corrected chi connectivity index (χ4v) is 3.44. The van der Waals surface area contributed by atoms with E-state index < -0.39 is 0 Å². The van der Waals surface area contributed by atoms with E-state index in [-0.39, 0.29) is 21.8 Å². The maximum Gasteiger partial charge on any atom is 0.278 e. The number of piperidine rings is 1. The highest BCUT2D eigenvalue weighted by Gasteiger charge is 2.34. The molecule has 0 aliphatic carbocycles. The average molecular weight is 291 g/mol. The largest absolute Gasteiger partial charge is 0.632 e.